The van der Waals surface area contributed by atoms with Gasteiger partial charge in [0.05, 0.1) is 4.47 Å². The number of nitrogens with zero attached hydrogens (tertiary/aromatic N) is 2. The van der Waals surface area contributed by atoms with Gasteiger partial charge >= 0.3 is 0 Å². The Morgan fingerprint density at radius 2 is 2.12 bits per heavy atom. The van der Waals surface area contributed by atoms with Gasteiger partial charge < -0.3 is 5.11 Å². The molecule has 2 aromatic rings. The summed E-state index contributed by atoms with van der Waals surface area (Å²) >= 11 is 3.11. The Morgan fingerprint density at radius 3 is 2.76 bits per heavy atom. The van der Waals surface area contributed by atoms with Gasteiger partial charge in [0.1, 0.15) is 23.3 Å². The molecule has 0 bridgehead atoms. The third kappa shape index (κ3) is 2.27. The minimum atomic E-state index is -0.426. The molecule has 17 heavy (non-hydrogen) atoms. The van der Waals surface area contributed by atoms with Crippen LogP contribution in [0.2, 0.25) is 0 Å². The molecule has 84 valence electrons. The Labute approximate surface area is 105 Å². The number of nitriles is 1. The summed E-state index contributed by atoms with van der Waals surface area (Å²) in [5.74, 6) is -0.536. The summed E-state index contributed by atoms with van der Waals surface area (Å²) in [4.78, 5) is 3.98. The number of pyridine rings is 1. The molecular weight excluding hydrogens is 287 g/mol. The number of aromatic hydroxyl groups is 1. The predicted molar refractivity (Wildman–Crippen MR) is 63.7 cm³/mol. The summed E-state index contributed by atoms with van der Waals surface area (Å²) < 4.78 is 13.5. The molecule has 1 heterocycles. The second-order valence-corrected chi connectivity index (χ2v) is 4.16. The van der Waals surface area contributed by atoms with Crippen molar-refractivity contribution in [2.24, 2.45) is 0 Å². The second kappa shape index (κ2) is 4.52. The number of rotatable bonds is 1. The number of hydrogen-bond acceptors (Lipinski definition) is 3. The third-order valence-corrected chi connectivity index (χ3v) is 2.76. The van der Waals surface area contributed by atoms with Crippen LogP contribution in [0.1, 0.15) is 5.69 Å². The Morgan fingerprint density at radius 1 is 1.35 bits per heavy atom. The number of aromatic nitrogens is 1. The van der Waals surface area contributed by atoms with Gasteiger partial charge in [0, 0.05) is 5.56 Å². The molecule has 2 rings (SSSR count). The zero-order valence-corrected chi connectivity index (χ0v) is 10.1. The Balaban J connectivity index is 2.64. The van der Waals surface area contributed by atoms with Crippen molar-refractivity contribution in [2.45, 2.75) is 0 Å². The molecular formula is C12H6BrFN2O. The summed E-state index contributed by atoms with van der Waals surface area (Å²) in [6.07, 6.45) is 0. The average Bonchev–Trinajstić information content (AvgIpc) is 2.29. The lowest BCUT2D eigenvalue weighted by Crippen LogP contribution is -1.91. The van der Waals surface area contributed by atoms with Gasteiger partial charge in [-0.15, -0.1) is 0 Å². The maximum Gasteiger partial charge on any atom is 0.155 e. The predicted octanol–water partition coefficient (Wildman–Crippen LogP) is 3.23. The molecule has 1 aromatic heterocycles. The summed E-state index contributed by atoms with van der Waals surface area (Å²) in [7, 11) is 0. The lowest BCUT2D eigenvalue weighted by molar-refractivity contribution is 0.474. The van der Waals surface area contributed by atoms with Crippen LogP contribution in [-0.2, 0) is 0 Å². The van der Waals surface area contributed by atoms with Crippen molar-refractivity contribution in [3.63, 3.8) is 0 Å². The highest BCUT2D eigenvalue weighted by Crippen LogP contribution is 2.31. The molecule has 0 fully saturated rings. The molecule has 0 spiro atoms. The monoisotopic (exact) mass is 292 g/mol. The first kappa shape index (κ1) is 11.6. The first-order chi connectivity index (χ1) is 8.11. The van der Waals surface area contributed by atoms with Gasteiger partial charge in [-0.2, -0.15) is 5.26 Å². The first-order valence-electron chi connectivity index (χ1n) is 4.67. The van der Waals surface area contributed by atoms with Gasteiger partial charge in [-0.25, -0.2) is 9.37 Å². The maximum absolute atomic E-state index is 13.1. The lowest BCUT2D eigenvalue weighted by Gasteiger charge is -2.05. The average molecular weight is 293 g/mol. The maximum atomic E-state index is 13.1. The van der Waals surface area contributed by atoms with Crippen LogP contribution in [0.5, 0.6) is 5.75 Å². The normalized spacial score (nSPS) is 9.94. The van der Waals surface area contributed by atoms with E-state index < -0.39 is 5.82 Å². The van der Waals surface area contributed by atoms with Crippen molar-refractivity contribution in [1.82, 2.24) is 4.98 Å². The molecule has 0 aliphatic carbocycles. The Hall–Kier alpha value is -1.93. The molecule has 1 aromatic carbocycles. The highest BCUT2D eigenvalue weighted by Gasteiger charge is 2.11. The molecule has 0 amide bonds. The van der Waals surface area contributed by atoms with E-state index in [0.717, 1.165) is 0 Å². The summed E-state index contributed by atoms with van der Waals surface area (Å²) in [6, 6.07) is 8.92. The largest absolute Gasteiger partial charge is 0.506 e. The molecule has 0 aliphatic rings. The van der Waals surface area contributed by atoms with Crippen molar-refractivity contribution in [2.75, 3.05) is 0 Å². The van der Waals surface area contributed by atoms with Crippen molar-refractivity contribution in [3.05, 3.63) is 46.3 Å². The van der Waals surface area contributed by atoms with E-state index in [0.29, 0.717) is 10.0 Å². The second-order valence-electron chi connectivity index (χ2n) is 3.31. The first-order valence-corrected chi connectivity index (χ1v) is 5.46. The van der Waals surface area contributed by atoms with E-state index in [1.807, 2.05) is 6.07 Å². The van der Waals surface area contributed by atoms with Crippen molar-refractivity contribution < 1.29 is 9.50 Å². The van der Waals surface area contributed by atoms with E-state index >= 15 is 0 Å². The molecule has 0 saturated carbocycles. The van der Waals surface area contributed by atoms with Crippen LogP contribution in [0.15, 0.2) is 34.8 Å². The van der Waals surface area contributed by atoms with Crippen molar-refractivity contribution in [3.8, 4) is 23.1 Å². The number of halogens is 2. The Bertz CT molecular complexity index is 622. The van der Waals surface area contributed by atoms with Gasteiger partial charge in [-0.05, 0) is 34.1 Å². The molecule has 0 radical (unpaired) electrons. The summed E-state index contributed by atoms with van der Waals surface area (Å²) in [5, 5.41) is 18.6. The topological polar surface area (TPSA) is 56.9 Å². The standard InChI is InChI=1S/C12H6BrFN2O/c13-9-5-11(17)12(16-10(9)6-15)7-2-1-3-8(14)4-7/h1-5,17H. The van der Waals surface area contributed by atoms with Crippen LogP contribution >= 0.6 is 15.9 Å². The number of benzene rings is 1. The van der Waals surface area contributed by atoms with Crippen molar-refractivity contribution in [1.29, 1.82) is 5.26 Å². The summed E-state index contributed by atoms with van der Waals surface area (Å²) in [5.41, 5.74) is 0.748. The Kier molecular flexibility index (Phi) is 3.07. The van der Waals surface area contributed by atoms with Crippen LogP contribution in [0, 0.1) is 17.1 Å². The molecule has 0 unspecified atom stereocenters. The molecule has 0 atom stereocenters. The van der Waals surface area contributed by atoms with Crippen LogP contribution in [0.4, 0.5) is 4.39 Å². The van der Waals surface area contributed by atoms with Gasteiger partial charge in [0.2, 0.25) is 0 Å². The molecule has 0 saturated heterocycles. The molecule has 0 aliphatic heterocycles. The van der Waals surface area contributed by atoms with Crippen LogP contribution < -0.4 is 0 Å². The highest BCUT2D eigenvalue weighted by atomic mass is 79.9. The zero-order chi connectivity index (χ0) is 12.4. The van der Waals surface area contributed by atoms with E-state index in [1.54, 1.807) is 6.07 Å². The van der Waals surface area contributed by atoms with E-state index in [-0.39, 0.29) is 17.1 Å². The molecule has 5 heteroatoms. The van der Waals surface area contributed by atoms with E-state index in [1.165, 1.54) is 24.3 Å². The van der Waals surface area contributed by atoms with E-state index in [4.69, 9.17) is 5.26 Å². The summed E-state index contributed by atoms with van der Waals surface area (Å²) in [6.45, 7) is 0. The number of hydrogen-bond donors (Lipinski definition) is 1. The zero-order valence-electron chi connectivity index (χ0n) is 8.48. The molecule has 1 N–H and O–H groups in total. The smallest absolute Gasteiger partial charge is 0.155 e. The van der Waals surface area contributed by atoms with E-state index in [2.05, 4.69) is 20.9 Å². The lowest BCUT2D eigenvalue weighted by atomic mass is 10.1. The van der Waals surface area contributed by atoms with Crippen LogP contribution in [0.3, 0.4) is 0 Å². The van der Waals surface area contributed by atoms with Crippen LogP contribution in [0.25, 0.3) is 11.3 Å². The van der Waals surface area contributed by atoms with Crippen LogP contribution in [-0.4, -0.2) is 10.1 Å². The minimum Gasteiger partial charge on any atom is -0.506 e. The quantitative estimate of drug-likeness (QED) is 0.878. The molecule has 3 nitrogen and oxygen atoms in total. The highest BCUT2D eigenvalue weighted by molar-refractivity contribution is 9.10. The minimum absolute atomic E-state index is 0.110. The van der Waals surface area contributed by atoms with Gasteiger partial charge in [-0.1, -0.05) is 12.1 Å². The van der Waals surface area contributed by atoms with Gasteiger partial charge in [0.25, 0.3) is 0 Å². The fourth-order valence-electron chi connectivity index (χ4n) is 1.41. The van der Waals surface area contributed by atoms with Gasteiger partial charge in [-0.3, -0.25) is 0 Å². The van der Waals surface area contributed by atoms with Gasteiger partial charge in [0.15, 0.2) is 5.69 Å². The van der Waals surface area contributed by atoms with E-state index in [9.17, 15) is 9.50 Å². The SMILES string of the molecule is N#Cc1nc(-c2cccc(F)c2)c(O)cc1Br. The van der Waals surface area contributed by atoms with Crippen molar-refractivity contribution >= 4 is 15.9 Å². The third-order valence-electron chi connectivity index (χ3n) is 2.16. The fourth-order valence-corrected chi connectivity index (χ4v) is 1.80. The fraction of sp³-hybridized carbons (Fsp3) is 0.